The van der Waals surface area contributed by atoms with Gasteiger partial charge in [0.1, 0.15) is 23.9 Å². The third kappa shape index (κ3) is 5.09. The molecule has 0 aliphatic carbocycles. The van der Waals surface area contributed by atoms with Crippen molar-refractivity contribution in [1.82, 2.24) is 4.98 Å². The van der Waals surface area contributed by atoms with Crippen molar-refractivity contribution in [3.8, 4) is 17.2 Å². The maximum absolute atomic E-state index is 12.2. The van der Waals surface area contributed by atoms with Crippen LogP contribution < -0.4 is 9.47 Å². The third-order valence-electron chi connectivity index (χ3n) is 4.62. The summed E-state index contributed by atoms with van der Waals surface area (Å²) in [6.07, 6.45) is -0.0635. The van der Waals surface area contributed by atoms with E-state index in [9.17, 15) is 4.79 Å². The highest BCUT2D eigenvalue weighted by Crippen LogP contribution is 2.37. The molecule has 0 aliphatic heterocycles. The molecule has 0 fully saturated rings. The average Bonchev–Trinajstić information content (AvgIpc) is 2.71. The van der Waals surface area contributed by atoms with Crippen LogP contribution in [0.1, 0.15) is 23.7 Å². The first-order valence-corrected chi connectivity index (χ1v) is 10.4. The Morgan fingerprint density at radius 2 is 1.93 bits per heavy atom. The molecule has 0 amide bonds. The zero-order valence-electron chi connectivity index (χ0n) is 17.5. The van der Waals surface area contributed by atoms with E-state index >= 15 is 0 Å². The van der Waals surface area contributed by atoms with Crippen LogP contribution in [0.3, 0.4) is 0 Å². The van der Waals surface area contributed by atoms with Crippen LogP contribution in [0.2, 0.25) is 0 Å². The number of methoxy groups -OCH3 is 1. The van der Waals surface area contributed by atoms with E-state index in [2.05, 4.69) is 15.9 Å². The minimum atomic E-state index is -0.778. The summed E-state index contributed by atoms with van der Waals surface area (Å²) in [7, 11) is 1.54. The van der Waals surface area contributed by atoms with E-state index in [1.54, 1.807) is 0 Å². The highest BCUT2D eigenvalue weighted by molar-refractivity contribution is 9.10. The number of halogens is 1. The van der Waals surface area contributed by atoms with Gasteiger partial charge in [0.2, 0.25) is 0 Å². The van der Waals surface area contributed by atoms with Gasteiger partial charge in [0.05, 0.1) is 12.1 Å². The van der Waals surface area contributed by atoms with Crippen molar-refractivity contribution in [1.29, 1.82) is 0 Å². The van der Waals surface area contributed by atoms with E-state index < -0.39 is 6.16 Å². The number of hydrogen-bond donors (Lipinski definition) is 0. The summed E-state index contributed by atoms with van der Waals surface area (Å²) < 4.78 is 22.6. The molecule has 0 radical (unpaired) electrons. The Morgan fingerprint density at radius 1 is 1.13 bits per heavy atom. The van der Waals surface area contributed by atoms with E-state index in [4.69, 9.17) is 23.9 Å². The first kappa shape index (κ1) is 22.1. The molecule has 0 saturated carbocycles. The summed E-state index contributed by atoms with van der Waals surface area (Å²) >= 11 is 3.45. The maximum atomic E-state index is 12.2. The molecular weight excluding hydrogens is 450 g/mol. The number of nitrogens with zero attached hydrogens (tertiary/aromatic N) is 1. The fourth-order valence-electron chi connectivity index (χ4n) is 3.07. The quantitative estimate of drug-likeness (QED) is 0.303. The van der Waals surface area contributed by atoms with E-state index in [-0.39, 0.29) is 6.61 Å². The first-order chi connectivity index (χ1) is 14.4. The second-order valence-electron chi connectivity index (χ2n) is 6.75. The number of rotatable bonds is 7. The lowest BCUT2D eigenvalue weighted by molar-refractivity contribution is 0.0687. The molecule has 1 aromatic heterocycles. The molecule has 3 rings (SSSR count). The van der Waals surface area contributed by atoms with E-state index in [1.807, 2.05) is 57.2 Å². The van der Waals surface area contributed by atoms with Gasteiger partial charge in [0.25, 0.3) is 0 Å². The lowest BCUT2D eigenvalue weighted by Crippen LogP contribution is -2.15. The smallest absolute Gasteiger partial charge is 0.457 e. The van der Waals surface area contributed by atoms with Crippen molar-refractivity contribution in [3.05, 3.63) is 57.7 Å². The zero-order valence-corrected chi connectivity index (χ0v) is 19.0. The molecule has 158 valence electrons. The van der Waals surface area contributed by atoms with Gasteiger partial charge >= 0.3 is 6.16 Å². The maximum Gasteiger partial charge on any atom is 0.513 e. The van der Waals surface area contributed by atoms with Gasteiger partial charge in [-0.1, -0.05) is 28.9 Å². The fraction of sp³-hybridized carbons (Fsp3) is 0.304. The van der Waals surface area contributed by atoms with E-state index in [0.29, 0.717) is 35.7 Å². The second kappa shape index (κ2) is 9.91. The zero-order chi connectivity index (χ0) is 21.7. The summed E-state index contributed by atoms with van der Waals surface area (Å²) in [4.78, 5) is 17.0. The molecule has 2 aromatic carbocycles. The standard InChI is InChI=1S/C23H24BrNO5/c1-5-19-15(3)22(30-23(26)28-10-9-27-4)18-13-21(14(2)11-20(18)25-19)29-17-8-6-7-16(24)12-17/h6-8,11-13H,5,9-10H2,1-4H3. The van der Waals surface area contributed by atoms with Crippen LogP contribution in [0.15, 0.2) is 40.9 Å². The van der Waals surface area contributed by atoms with Crippen LogP contribution >= 0.6 is 15.9 Å². The SMILES string of the molecule is CCc1nc2cc(C)c(Oc3cccc(Br)c3)cc2c(OC(=O)OCCOC)c1C. The van der Waals surface area contributed by atoms with Crippen molar-refractivity contribution < 1.29 is 23.7 Å². The van der Waals surface area contributed by atoms with Gasteiger partial charge in [0, 0.05) is 28.2 Å². The van der Waals surface area contributed by atoms with Gasteiger partial charge in [-0.15, -0.1) is 0 Å². The van der Waals surface area contributed by atoms with Gasteiger partial charge in [0.15, 0.2) is 0 Å². The molecular formula is C23H24BrNO5. The van der Waals surface area contributed by atoms with Crippen molar-refractivity contribution in [2.45, 2.75) is 27.2 Å². The Morgan fingerprint density at radius 3 is 2.63 bits per heavy atom. The van der Waals surface area contributed by atoms with Gasteiger partial charge in [-0.25, -0.2) is 4.79 Å². The van der Waals surface area contributed by atoms with E-state index in [1.165, 1.54) is 7.11 Å². The van der Waals surface area contributed by atoms with Crippen LogP contribution in [0.5, 0.6) is 17.2 Å². The Hall–Kier alpha value is -2.64. The topological polar surface area (TPSA) is 66.9 Å². The van der Waals surface area contributed by atoms with Crippen LogP contribution in [0.25, 0.3) is 10.9 Å². The van der Waals surface area contributed by atoms with E-state index in [0.717, 1.165) is 26.8 Å². The normalized spacial score (nSPS) is 10.8. The predicted octanol–water partition coefficient (Wildman–Crippen LogP) is 6.13. The molecule has 0 spiro atoms. The highest BCUT2D eigenvalue weighted by atomic mass is 79.9. The largest absolute Gasteiger partial charge is 0.513 e. The van der Waals surface area contributed by atoms with Crippen LogP contribution in [0.4, 0.5) is 4.79 Å². The van der Waals surface area contributed by atoms with Gasteiger partial charge < -0.3 is 18.9 Å². The second-order valence-corrected chi connectivity index (χ2v) is 7.67. The number of ether oxygens (including phenoxy) is 4. The lowest BCUT2D eigenvalue weighted by Gasteiger charge is -2.16. The van der Waals surface area contributed by atoms with Crippen molar-refractivity contribution in [3.63, 3.8) is 0 Å². The number of benzene rings is 2. The molecule has 3 aromatic rings. The molecule has 7 heteroatoms. The van der Waals surface area contributed by atoms with Crippen molar-refractivity contribution >= 4 is 33.0 Å². The molecule has 0 aliphatic rings. The number of carbonyl (C=O) groups is 1. The van der Waals surface area contributed by atoms with Crippen LogP contribution in [0, 0.1) is 13.8 Å². The molecule has 0 atom stereocenters. The molecule has 0 N–H and O–H groups in total. The Balaban J connectivity index is 2.03. The number of fused-ring (bicyclic) bond motifs is 1. The summed E-state index contributed by atoms with van der Waals surface area (Å²) in [5.41, 5.74) is 3.32. The molecule has 6 nitrogen and oxygen atoms in total. The predicted molar refractivity (Wildman–Crippen MR) is 119 cm³/mol. The van der Waals surface area contributed by atoms with Crippen molar-refractivity contribution in [2.75, 3.05) is 20.3 Å². The minimum Gasteiger partial charge on any atom is -0.457 e. The highest BCUT2D eigenvalue weighted by Gasteiger charge is 2.18. The molecule has 30 heavy (non-hydrogen) atoms. The summed E-state index contributed by atoms with van der Waals surface area (Å²) in [5, 5.41) is 0.684. The Labute approximate surface area is 184 Å². The lowest BCUT2D eigenvalue weighted by atomic mass is 10.0. The number of pyridine rings is 1. The average molecular weight is 474 g/mol. The number of aryl methyl sites for hydroxylation is 2. The number of carbonyl (C=O) groups excluding carboxylic acids is 1. The fourth-order valence-corrected chi connectivity index (χ4v) is 3.45. The van der Waals surface area contributed by atoms with Crippen molar-refractivity contribution in [2.24, 2.45) is 0 Å². The number of aromatic nitrogens is 1. The Kier molecular flexibility index (Phi) is 7.29. The molecule has 0 bridgehead atoms. The summed E-state index contributed by atoms with van der Waals surface area (Å²) in [5.74, 6) is 1.78. The van der Waals surface area contributed by atoms with Gasteiger partial charge in [-0.05, 0) is 56.2 Å². The van der Waals surface area contributed by atoms with Crippen LogP contribution in [-0.2, 0) is 15.9 Å². The third-order valence-corrected chi connectivity index (χ3v) is 5.11. The first-order valence-electron chi connectivity index (χ1n) is 9.63. The monoisotopic (exact) mass is 473 g/mol. The summed E-state index contributed by atoms with van der Waals surface area (Å²) in [6.45, 7) is 6.28. The molecule has 0 saturated heterocycles. The molecule has 0 unspecified atom stereocenters. The summed E-state index contributed by atoms with van der Waals surface area (Å²) in [6, 6.07) is 11.4. The minimum absolute atomic E-state index is 0.119. The number of hydrogen-bond acceptors (Lipinski definition) is 6. The Bertz CT molecular complexity index is 1070. The van der Waals surface area contributed by atoms with Gasteiger partial charge in [-0.2, -0.15) is 0 Å². The van der Waals surface area contributed by atoms with Crippen LogP contribution in [-0.4, -0.2) is 31.5 Å². The van der Waals surface area contributed by atoms with Gasteiger partial charge in [-0.3, -0.25) is 4.98 Å². The molecule has 1 heterocycles.